The van der Waals surface area contributed by atoms with E-state index in [4.69, 9.17) is 18.0 Å². The molecule has 4 heterocycles. The van der Waals surface area contributed by atoms with Crippen LogP contribution in [0.3, 0.4) is 0 Å². The zero-order valence-electron chi connectivity index (χ0n) is 14.4. The first-order valence-corrected chi connectivity index (χ1v) is 9.57. The molecule has 4 rings (SSSR count). The van der Waals surface area contributed by atoms with E-state index in [0.717, 1.165) is 36.2 Å². The van der Waals surface area contributed by atoms with E-state index in [1.165, 1.54) is 37.8 Å². The van der Waals surface area contributed by atoms with Crippen molar-refractivity contribution in [2.24, 2.45) is 5.73 Å². The second-order valence-corrected chi connectivity index (χ2v) is 7.48. The molecule has 5 nitrogen and oxygen atoms in total. The number of hydrogen-bond acceptors (Lipinski definition) is 5. The number of aromatic amines is 1. The molecule has 25 heavy (non-hydrogen) atoms. The highest BCUT2D eigenvalue weighted by Gasteiger charge is 2.36. The molecule has 1 spiro atoms. The minimum Gasteiger partial charge on any atom is -0.398 e. The smallest absolute Gasteiger partial charge is 0.140 e. The molecule has 0 saturated carbocycles. The number of pyridine rings is 1. The Morgan fingerprint density at radius 1 is 1.32 bits per heavy atom. The zero-order chi connectivity index (χ0) is 17.3. The van der Waals surface area contributed by atoms with Gasteiger partial charge in [-0.2, -0.15) is 0 Å². The van der Waals surface area contributed by atoms with Crippen molar-refractivity contribution in [3.63, 3.8) is 0 Å². The molecule has 0 unspecified atom stereocenters. The van der Waals surface area contributed by atoms with Crippen molar-refractivity contribution in [1.29, 1.82) is 0 Å². The summed E-state index contributed by atoms with van der Waals surface area (Å²) in [4.78, 5) is 10.3. The van der Waals surface area contributed by atoms with Crippen molar-refractivity contribution < 1.29 is 0 Å². The number of allylic oxidation sites excluding steroid dienone is 1. The molecular weight excluding hydrogens is 330 g/mol. The summed E-state index contributed by atoms with van der Waals surface area (Å²) in [5.74, 6) is 0. The van der Waals surface area contributed by atoms with E-state index in [9.17, 15) is 0 Å². The van der Waals surface area contributed by atoms with Crippen LogP contribution >= 0.6 is 12.2 Å². The van der Waals surface area contributed by atoms with Gasteiger partial charge in [-0.05, 0) is 44.4 Å². The highest BCUT2D eigenvalue weighted by molar-refractivity contribution is 7.79. The van der Waals surface area contributed by atoms with Gasteiger partial charge in [-0.3, -0.25) is 0 Å². The maximum atomic E-state index is 6.24. The van der Waals surface area contributed by atoms with Crippen LogP contribution in [-0.4, -0.2) is 40.5 Å². The largest absolute Gasteiger partial charge is 0.398 e. The maximum absolute atomic E-state index is 6.24. The fourth-order valence-electron chi connectivity index (χ4n) is 4.41. The highest BCUT2D eigenvalue weighted by Crippen LogP contribution is 2.36. The Kier molecular flexibility index (Phi) is 4.48. The van der Waals surface area contributed by atoms with Gasteiger partial charge >= 0.3 is 0 Å². The molecule has 0 radical (unpaired) electrons. The van der Waals surface area contributed by atoms with E-state index < -0.39 is 0 Å². The van der Waals surface area contributed by atoms with Gasteiger partial charge in [0, 0.05) is 47.7 Å². The Balaban J connectivity index is 1.74. The predicted octanol–water partition coefficient (Wildman–Crippen LogP) is 2.97. The molecule has 0 aliphatic carbocycles. The lowest BCUT2D eigenvalue weighted by Gasteiger charge is -2.47. The zero-order valence-corrected chi connectivity index (χ0v) is 15.2. The van der Waals surface area contributed by atoms with Crippen LogP contribution in [0.1, 0.15) is 37.7 Å². The molecule has 2 aromatic heterocycles. The third-order valence-electron chi connectivity index (χ3n) is 5.61. The number of nitrogens with zero attached hydrogens (tertiary/aromatic N) is 2. The summed E-state index contributed by atoms with van der Waals surface area (Å²) >= 11 is 4.94. The van der Waals surface area contributed by atoms with Crippen LogP contribution in [0.25, 0.3) is 16.7 Å². The topological polar surface area (TPSA) is 70.0 Å². The van der Waals surface area contributed by atoms with E-state index in [-0.39, 0.29) is 5.54 Å². The monoisotopic (exact) mass is 355 g/mol. The Morgan fingerprint density at radius 3 is 3.00 bits per heavy atom. The molecule has 6 heteroatoms. The van der Waals surface area contributed by atoms with Crippen molar-refractivity contribution in [2.45, 2.75) is 37.6 Å². The van der Waals surface area contributed by atoms with Crippen molar-refractivity contribution in [3.8, 4) is 0 Å². The lowest BCUT2D eigenvalue weighted by atomic mass is 9.81. The Hall–Kier alpha value is -1.92. The number of fused-ring (bicyclic) bond motifs is 1. The number of piperidine rings is 2. The number of hydrogen-bond donors (Lipinski definition) is 3. The summed E-state index contributed by atoms with van der Waals surface area (Å²) < 4.78 is 0. The van der Waals surface area contributed by atoms with Crippen LogP contribution in [0.2, 0.25) is 0 Å². The predicted molar refractivity (Wildman–Crippen MR) is 108 cm³/mol. The molecule has 2 aliphatic heterocycles. The molecule has 0 aromatic carbocycles. The second kappa shape index (κ2) is 6.77. The van der Waals surface area contributed by atoms with E-state index >= 15 is 0 Å². The number of aromatic nitrogens is 2. The minimum atomic E-state index is 0.262. The first-order valence-electron chi connectivity index (χ1n) is 9.10. The fourth-order valence-corrected chi connectivity index (χ4v) is 4.56. The van der Waals surface area contributed by atoms with Gasteiger partial charge in [0.25, 0.3) is 0 Å². The van der Waals surface area contributed by atoms with Crippen LogP contribution in [0.5, 0.6) is 0 Å². The highest BCUT2D eigenvalue weighted by atomic mass is 32.1. The number of nitrogens with two attached hydrogens (primary N) is 1. The average molecular weight is 356 g/mol. The number of nitrogens with one attached hydrogen (secondary N) is 2. The maximum Gasteiger partial charge on any atom is 0.140 e. The number of thiocarbonyl (C=S) groups is 1. The van der Waals surface area contributed by atoms with E-state index in [0.29, 0.717) is 5.70 Å². The van der Waals surface area contributed by atoms with Crippen LogP contribution in [0.4, 0.5) is 5.69 Å². The van der Waals surface area contributed by atoms with E-state index in [1.54, 1.807) is 11.4 Å². The summed E-state index contributed by atoms with van der Waals surface area (Å²) in [5.41, 5.74) is 10.3. The normalized spacial score (nSPS) is 24.8. The SMILES string of the molecule is NC(=CC=S)c1c[nH]c2nccc(N3CCC[C@@]4(CCCCN4)C3)c12. The van der Waals surface area contributed by atoms with Gasteiger partial charge in [0.05, 0.1) is 11.1 Å². The molecule has 2 saturated heterocycles. The van der Waals surface area contributed by atoms with Crippen molar-refractivity contribution >= 4 is 40.0 Å². The lowest BCUT2D eigenvalue weighted by molar-refractivity contribution is 0.216. The first kappa shape index (κ1) is 16.5. The average Bonchev–Trinajstić information content (AvgIpc) is 3.07. The summed E-state index contributed by atoms with van der Waals surface area (Å²) in [7, 11) is 0. The van der Waals surface area contributed by atoms with Gasteiger partial charge in [-0.1, -0.05) is 18.6 Å². The summed E-state index contributed by atoms with van der Waals surface area (Å²) in [5, 5.41) is 6.47. The fraction of sp³-hybridized carbons (Fsp3) is 0.474. The van der Waals surface area contributed by atoms with Gasteiger partial charge in [-0.15, -0.1) is 0 Å². The first-order chi connectivity index (χ1) is 12.2. The van der Waals surface area contributed by atoms with Gasteiger partial charge in [0.2, 0.25) is 0 Å². The van der Waals surface area contributed by atoms with Crippen LogP contribution in [0, 0.1) is 0 Å². The summed E-state index contributed by atoms with van der Waals surface area (Å²) in [6.45, 7) is 3.26. The standard InChI is InChI=1S/C19H25N5S/c20-15(5-11-25)14-12-22-18-17(14)16(4-9-21-18)24-10-3-7-19(13-24)6-1-2-8-23-19/h4-5,9,11-12,23H,1-3,6-8,10,13,20H2,(H,21,22)/t19-/m0/s1. The summed E-state index contributed by atoms with van der Waals surface area (Å²) in [6.07, 6.45) is 12.0. The molecule has 132 valence electrons. The molecule has 4 N–H and O–H groups in total. The molecule has 2 aromatic rings. The van der Waals surface area contributed by atoms with Gasteiger partial charge in [0.15, 0.2) is 0 Å². The molecular formula is C19H25N5S. The number of rotatable bonds is 3. The van der Waals surface area contributed by atoms with Crippen molar-refractivity contribution in [1.82, 2.24) is 15.3 Å². The van der Waals surface area contributed by atoms with Gasteiger partial charge in [0.1, 0.15) is 5.65 Å². The molecule has 1 atom stereocenters. The minimum absolute atomic E-state index is 0.262. The van der Waals surface area contributed by atoms with E-state index in [1.807, 2.05) is 12.4 Å². The summed E-state index contributed by atoms with van der Waals surface area (Å²) in [6, 6.07) is 2.12. The molecule has 2 aliphatic rings. The molecule has 0 amide bonds. The third-order valence-corrected chi connectivity index (χ3v) is 5.75. The molecule has 0 bridgehead atoms. The Labute approximate surface area is 153 Å². The molecule has 2 fully saturated rings. The number of anilines is 1. The Morgan fingerprint density at radius 2 is 2.20 bits per heavy atom. The van der Waals surface area contributed by atoms with E-state index in [2.05, 4.69) is 26.3 Å². The van der Waals surface area contributed by atoms with Crippen molar-refractivity contribution in [2.75, 3.05) is 24.5 Å². The number of H-pyrrole nitrogens is 1. The third kappa shape index (κ3) is 3.04. The van der Waals surface area contributed by atoms with Crippen LogP contribution < -0.4 is 16.0 Å². The Bertz CT molecular complexity index is 798. The quantitative estimate of drug-likeness (QED) is 0.583. The van der Waals surface area contributed by atoms with Gasteiger partial charge < -0.3 is 20.9 Å². The second-order valence-electron chi connectivity index (χ2n) is 7.20. The van der Waals surface area contributed by atoms with Gasteiger partial charge in [-0.25, -0.2) is 4.98 Å². The van der Waals surface area contributed by atoms with Crippen LogP contribution in [-0.2, 0) is 0 Å². The van der Waals surface area contributed by atoms with Crippen LogP contribution in [0.15, 0.2) is 24.5 Å². The van der Waals surface area contributed by atoms with Crippen molar-refractivity contribution in [3.05, 3.63) is 30.1 Å². The lowest BCUT2D eigenvalue weighted by Crippen LogP contribution is -2.59.